The number of rotatable bonds is 6. The van der Waals surface area contributed by atoms with Gasteiger partial charge in [0.15, 0.2) is 11.6 Å². The summed E-state index contributed by atoms with van der Waals surface area (Å²) in [6.45, 7) is 0.824. The summed E-state index contributed by atoms with van der Waals surface area (Å²) in [5, 5.41) is 9.28. The Morgan fingerprint density at radius 3 is 1.95 bits per heavy atom. The van der Waals surface area contributed by atoms with Crippen LogP contribution in [-0.2, 0) is 6.42 Å². The Labute approximate surface area is 255 Å². The lowest BCUT2D eigenvalue weighted by molar-refractivity contribution is 0.0696. The van der Waals surface area contributed by atoms with E-state index in [1.54, 1.807) is 6.08 Å². The maximum absolute atomic E-state index is 13.0. The number of carbonyl (C=O) groups excluding carboxylic acids is 2. The molecule has 44 heavy (non-hydrogen) atoms. The van der Waals surface area contributed by atoms with E-state index in [1.807, 2.05) is 30.3 Å². The van der Waals surface area contributed by atoms with Gasteiger partial charge in [0.25, 0.3) is 0 Å². The quantitative estimate of drug-likeness (QED) is 0.126. The van der Waals surface area contributed by atoms with Gasteiger partial charge in [0.05, 0.1) is 11.1 Å². The third-order valence-corrected chi connectivity index (χ3v) is 8.24. The first-order valence-electron chi connectivity index (χ1n) is 14.5. The number of allylic oxidation sites excluding steroid dienone is 1. The molecular formula is C39H27NO4. The molecule has 7 rings (SSSR count). The van der Waals surface area contributed by atoms with Crippen molar-refractivity contribution in [3.63, 3.8) is 0 Å². The highest BCUT2D eigenvalue weighted by molar-refractivity contribution is 6.41. The van der Waals surface area contributed by atoms with Gasteiger partial charge in [-0.25, -0.2) is 4.79 Å². The van der Waals surface area contributed by atoms with Crippen LogP contribution >= 0.6 is 0 Å². The van der Waals surface area contributed by atoms with Gasteiger partial charge in [0, 0.05) is 29.0 Å². The van der Waals surface area contributed by atoms with E-state index in [1.165, 1.54) is 18.2 Å². The average molecular weight is 574 g/mol. The average Bonchev–Trinajstić information content (AvgIpc) is 3.59. The van der Waals surface area contributed by atoms with Crippen LogP contribution in [0.5, 0.6) is 0 Å². The second kappa shape index (κ2) is 11.1. The van der Waals surface area contributed by atoms with E-state index in [2.05, 4.69) is 83.8 Å². The van der Waals surface area contributed by atoms with E-state index in [-0.39, 0.29) is 28.0 Å². The summed E-state index contributed by atoms with van der Waals surface area (Å²) in [6, 6.07) is 39.4. The van der Waals surface area contributed by atoms with E-state index >= 15 is 0 Å². The Morgan fingerprint density at radius 2 is 1.30 bits per heavy atom. The summed E-state index contributed by atoms with van der Waals surface area (Å²) in [4.78, 5) is 39.6. The van der Waals surface area contributed by atoms with Crippen LogP contribution in [0.1, 0.15) is 58.9 Å². The maximum atomic E-state index is 13.0. The van der Waals surface area contributed by atoms with E-state index in [0.29, 0.717) is 0 Å². The molecule has 1 aliphatic heterocycles. The molecule has 2 aliphatic rings. The number of carbonyl (C=O) groups is 3. The molecule has 0 amide bonds. The lowest BCUT2D eigenvalue weighted by Crippen LogP contribution is -2.12. The van der Waals surface area contributed by atoms with Crippen LogP contribution in [0.4, 0.5) is 11.4 Å². The summed E-state index contributed by atoms with van der Waals surface area (Å²) in [6.07, 6.45) is 4.68. The van der Waals surface area contributed by atoms with Crippen LogP contribution in [0.15, 0.2) is 127 Å². The van der Waals surface area contributed by atoms with E-state index in [0.717, 1.165) is 57.7 Å². The number of carboxylic acid groups (broad SMARTS) is 1. The van der Waals surface area contributed by atoms with Crippen molar-refractivity contribution >= 4 is 46.6 Å². The summed E-state index contributed by atoms with van der Waals surface area (Å²) >= 11 is 0. The predicted molar refractivity (Wildman–Crippen MR) is 173 cm³/mol. The first-order valence-corrected chi connectivity index (χ1v) is 14.5. The number of aromatic carboxylic acids is 1. The topological polar surface area (TPSA) is 74.7 Å². The number of hydrogen-bond donors (Lipinski definition) is 1. The number of hydrogen-bond acceptors (Lipinski definition) is 4. The third-order valence-electron chi connectivity index (χ3n) is 8.24. The molecule has 0 aromatic heterocycles. The first kappa shape index (κ1) is 27.0. The van der Waals surface area contributed by atoms with E-state index in [4.69, 9.17) is 0 Å². The molecule has 0 spiro atoms. The lowest BCUT2D eigenvalue weighted by Gasteiger charge is -2.20. The molecule has 0 saturated heterocycles. The number of ketones is 2. The van der Waals surface area contributed by atoms with Crippen molar-refractivity contribution in [3.8, 4) is 0 Å². The van der Waals surface area contributed by atoms with Crippen molar-refractivity contribution in [2.75, 3.05) is 11.4 Å². The van der Waals surface area contributed by atoms with Crippen LogP contribution in [0.3, 0.4) is 0 Å². The van der Waals surface area contributed by atoms with Gasteiger partial charge in [-0.2, -0.15) is 0 Å². The second-order valence-corrected chi connectivity index (χ2v) is 11.0. The van der Waals surface area contributed by atoms with E-state index < -0.39 is 11.8 Å². The fourth-order valence-electron chi connectivity index (χ4n) is 6.02. The van der Waals surface area contributed by atoms with Crippen molar-refractivity contribution in [1.29, 1.82) is 0 Å². The van der Waals surface area contributed by atoms with Gasteiger partial charge in [-0.05, 0) is 94.4 Å². The van der Waals surface area contributed by atoms with Gasteiger partial charge in [0.2, 0.25) is 0 Å². The molecule has 0 fully saturated rings. The molecular weight excluding hydrogens is 546 g/mol. The molecule has 1 aliphatic carbocycles. The number of Topliss-reactive ketones (excluding diaryl/α,β-unsaturated/α-hetero) is 2. The molecule has 1 N–H and O–H groups in total. The van der Waals surface area contributed by atoms with Gasteiger partial charge in [-0.15, -0.1) is 0 Å². The minimum atomic E-state index is -1.14. The Hall–Kier alpha value is -5.81. The minimum absolute atomic E-state index is 0.0133. The summed E-state index contributed by atoms with van der Waals surface area (Å²) in [7, 11) is 0. The lowest BCUT2D eigenvalue weighted by atomic mass is 9.96. The standard InChI is InChI=1S/C39H27NO4/c41-37-32-17-14-30(39(43)44)24-34(32)38(42)35(37)23-26-13-18-36-29(21-26)19-20-40(36)31-15-11-25(12-16-31)22-33(27-7-3-1-4-8-27)28-9-5-2-6-10-28/h1-18,21-24H,19-20H2,(H,43,44)/b35-23+. The van der Waals surface area contributed by atoms with E-state index in [9.17, 15) is 19.5 Å². The molecule has 0 bridgehead atoms. The summed E-state index contributed by atoms with van der Waals surface area (Å²) in [5.74, 6) is -1.95. The van der Waals surface area contributed by atoms with Crippen molar-refractivity contribution in [2.45, 2.75) is 6.42 Å². The molecule has 5 aromatic carbocycles. The number of carboxylic acids is 1. The fourth-order valence-corrected chi connectivity index (χ4v) is 6.02. The van der Waals surface area contributed by atoms with Gasteiger partial charge >= 0.3 is 5.97 Å². The second-order valence-electron chi connectivity index (χ2n) is 11.0. The minimum Gasteiger partial charge on any atom is -0.478 e. The number of benzene rings is 5. The van der Waals surface area contributed by atoms with Gasteiger partial charge in [0.1, 0.15) is 0 Å². The summed E-state index contributed by atoms with van der Waals surface area (Å²) in [5.41, 5.74) is 9.15. The Kier molecular flexibility index (Phi) is 6.83. The number of fused-ring (bicyclic) bond motifs is 2. The zero-order valence-electron chi connectivity index (χ0n) is 23.7. The predicted octanol–water partition coefficient (Wildman–Crippen LogP) is 8.13. The number of nitrogens with zero attached hydrogens (tertiary/aromatic N) is 1. The normalized spacial score (nSPS) is 14.5. The molecule has 5 nitrogen and oxygen atoms in total. The van der Waals surface area contributed by atoms with Crippen LogP contribution < -0.4 is 4.90 Å². The zero-order valence-corrected chi connectivity index (χ0v) is 23.7. The first-order chi connectivity index (χ1) is 21.5. The molecule has 5 aromatic rings. The van der Waals surface area contributed by atoms with Gasteiger partial charge < -0.3 is 10.0 Å². The third kappa shape index (κ3) is 4.95. The van der Waals surface area contributed by atoms with Crippen molar-refractivity contribution in [1.82, 2.24) is 0 Å². The largest absolute Gasteiger partial charge is 0.478 e. The van der Waals surface area contributed by atoms with Crippen LogP contribution in [0.2, 0.25) is 0 Å². The van der Waals surface area contributed by atoms with Crippen LogP contribution in [0, 0.1) is 0 Å². The SMILES string of the molecule is O=C(O)c1ccc2c(c1)C(=O)/C(=C/c1ccc3c(c1)CCN3c1ccc(C=C(c3ccccc3)c3ccccc3)cc1)C2=O. The molecule has 0 saturated carbocycles. The highest BCUT2D eigenvalue weighted by atomic mass is 16.4. The van der Waals surface area contributed by atoms with Gasteiger partial charge in [-0.1, -0.05) is 78.9 Å². The Bertz CT molecular complexity index is 1960. The maximum Gasteiger partial charge on any atom is 0.335 e. The Balaban J connectivity index is 1.14. The zero-order chi connectivity index (χ0) is 30.2. The molecule has 5 heteroatoms. The molecule has 0 unspecified atom stereocenters. The van der Waals surface area contributed by atoms with Crippen molar-refractivity contribution < 1.29 is 19.5 Å². The van der Waals surface area contributed by atoms with Crippen molar-refractivity contribution in [2.24, 2.45) is 0 Å². The molecule has 0 radical (unpaired) electrons. The fraction of sp³-hybridized carbons (Fsp3) is 0.0513. The number of anilines is 2. The van der Waals surface area contributed by atoms with Crippen LogP contribution in [-0.4, -0.2) is 29.2 Å². The monoisotopic (exact) mass is 573 g/mol. The summed E-state index contributed by atoms with van der Waals surface area (Å²) < 4.78 is 0. The smallest absolute Gasteiger partial charge is 0.335 e. The Morgan fingerprint density at radius 1 is 0.659 bits per heavy atom. The van der Waals surface area contributed by atoms with Crippen molar-refractivity contribution in [3.05, 3.63) is 171 Å². The molecule has 212 valence electrons. The highest BCUT2D eigenvalue weighted by Gasteiger charge is 2.34. The molecule has 1 heterocycles. The van der Waals surface area contributed by atoms with Gasteiger partial charge in [-0.3, -0.25) is 9.59 Å². The molecule has 0 atom stereocenters. The van der Waals surface area contributed by atoms with Crippen LogP contribution in [0.25, 0.3) is 17.7 Å². The highest BCUT2D eigenvalue weighted by Crippen LogP contribution is 2.37.